The molecule has 0 amide bonds. The lowest BCUT2D eigenvalue weighted by Gasteiger charge is -2.23. The maximum atomic E-state index is 13.1. The minimum Gasteiger partial charge on any atom is -0.465 e. The van der Waals surface area contributed by atoms with E-state index < -0.39 is 18.2 Å². The van der Waals surface area contributed by atoms with Gasteiger partial charge in [-0.25, -0.2) is 9.78 Å². The number of alkyl halides is 3. The molecule has 0 radical (unpaired) electrons. The van der Waals surface area contributed by atoms with Crippen LogP contribution in [0, 0.1) is 0 Å². The summed E-state index contributed by atoms with van der Waals surface area (Å²) < 4.78 is 45.2. The second-order valence-electron chi connectivity index (χ2n) is 6.34. The van der Waals surface area contributed by atoms with Crippen molar-refractivity contribution < 1.29 is 22.7 Å². The second-order valence-corrected chi connectivity index (χ2v) is 6.70. The molecule has 10 heteroatoms. The van der Waals surface area contributed by atoms with Crippen molar-refractivity contribution in [1.29, 1.82) is 0 Å². The van der Waals surface area contributed by atoms with Crippen LogP contribution < -0.4 is 5.32 Å². The van der Waals surface area contributed by atoms with Crippen LogP contribution in [0.3, 0.4) is 0 Å². The van der Waals surface area contributed by atoms with E-state index in [-0.39, 0.29) is 28.1 Å². The van der Waals surface area contributed by atoms with Crippen LogP contribution in [0.1, 0.15) is 54.4 Å². The molecule has 3 rings (SSSR count). The number of rotatable bonds is 4. The van der Waals surface area contributed by atoms with Crippen LogP contribution in [0.25, 0.3) is 5.65 Å². The van der Waals surface area contributed by atoms with Gasteiger partial charge in [-0.15, -0.1) is 0 Å². The van der Waals surface area contributed by atoms with Crippen molar-refractivity contribution >= 4 is 29.0 Å². The highest BCUT2D eigenvalue weighted by Crippen LogP contribution is 2.42. The summed E-state index contributed by atoms with van der Waals surface area (Å²) in [5.41, 5.74) is 0.600. The number of hydrogen-bond acceptors (Lipinski definition) is 5. The number of ether oxygens (including phenoxy) is 1. The van der Waals surface area contributed by atoms with Crippen molar-refractivity contribution in [2.24, 2.45) is 0 Å². The smallest absolute Gasteiger partial charge is 0.408 e. The van der Waals surface area contributed by atoms with E-state index in [9.17, 15) is 18.0 Å². The molecule has 2 heterocycles. The molecule has 1 aliphatic rings. The molecule has 0 saturated heterocycles. The van der Waals surface area contributed by atoms with E-state index in [1.54, 1.807) is 0 Å². The minimum atomic E-state index is -4.45. The number of hydrogen-bond donors (Lipinski definition) is 1. The third-order valence-corrected chi connectivity index (χ3v) is 4.94. The molecule has 1 atom stereocenters. The zero-order chi connectivity index (χ0) is 19.1. The molecule has 0 spiro atoms. The zero-order valence-electron chi connectivity index (χ0n) is 14.2. The monoisotopic (exact) mass is 390 g/mol. The molecule has 0 aliphatic heterocycles. The average molecular weight is 391 g/mol. The van der Waals surface area contributed by atoms with Gasteiger partial charge in [0.25, 0.3) is 0 Å². The van der Waals surface area contributed by atoms with Gasteiger partial charge in [-0.05, 0) is 25.7 Å². The summed E-state index contributed by atoms with van der Waals surface area (Å²) in [5, 5.41) is 6.62. The Hall–Kier alpha value is -2.03. The van der Waals surface area contributed by atoms with Gasteiger partial charge in [0, 0.05) is 5.56 Å². The summed E-state index contributed by atoms with van der Waals surface area (Å²) in [6.07, 6.45) is 0.333. The molecule has 26 heavy (non-hydrogen) atoms. The third kappa shape index (κ3) is 3.32. The van der Waals surface area contributed by atoms with Crippen molar-refractivity contribution in [3.8, 4) is 0 Å². The molecule has 0 bridgehead atoms. The van der Waals surface area contributed by atoms with Crippen LogP contribution in [0.15, 0.2) is 6.20 Å². The Labute approximate surface area is 152 Å². The maximum Gasteiger partial charge on any atom is 0.408 e. The van der Waals surface area contributed by atoms with Gasteiger partial charge >= 0.3 is 12.1 Å². The summed E-state index contributed by atoms with van der Waals surface area (Å²) in [4.78, 5) is 16.1. The Morgan fingerprint density at radius 3 is 2.65 bits per heavy atom. The molecular weight excluding hydrogens is 373 g/mol. The number of fused-ring (bicyclic) bond motifs is 1. The van der Waals surface area contributed by atoms with Crippen molar-refractivity contribution in [2.75, 3.05) is 12.4 Å². The van der Waals surface area contributed by atoms with Gasteiger partial charge in [0.1, 0.15) is 22.6 Å². The van der Waals surface area contributed by atoms with E-state index in [0.29, 0.717) is 5.56 Å². The molecule has 1 saturated carbocycles. The average Bonchev–Trinajstić information content (AvgIpc) is 3.22. The SMILES string of the molecule is COC(=O)c1cnn2c(N[C@@H](C)C(F)(F)F)c(C3CCCC3)c(Cl)nc12. The van der Waals surface area contributed by atoms with E-state index in [1.807, 2.05) is 0 Å². The van der Waals surface area contributed by atoms with Gasteiger partial charge in [0.15, 0.2) is 5.65 Å². The number of carbonyl (C=O) groups excluding carboxylic acids is 1. The molecule has 2 aromatic heterocycles. The quantitative estimate of drug-likeness (QED) is 0.626. The largest absolute Gasteiger partial charge is 0.465 e. The van der Waals surface area contributed by atoms with E-state index in [2.05, 4.69) is 20.1 Å². The van der Waals surface area contributed by atoms with Crippen LogP contribution in [-0.4, -0.2) is 39.9 Å². The fourth-order valence-corrected chi connectivity index (χ4v) is 3.56. The summed E-state index contributed by atoms with van der Waals surface area (Å²) >= 11 is 6.34. The molecule has 1 N–H and O–H groups in total. The summed E-state index contributed by atoms with van der Waals surface area (Å²) in [6.45, 7) is 1.02. The van der Waals surface area contributed by atoms with E-state index in [0.717, 1.165) is 32.6 Å². The molecule has 0 aromatic carbocycles. The van der Waals surface area contributed by atoms with Gasteiger partial charge < -0.3 is 10.1 Å². The van der Waals surface area contributed by atoms with Crippen molar-refractivity contribution in [2.45, 2.75) is 50.7 Å². The van der Waals surface area contributed by atoms with E-state index in [4.69, 9.17) is 11.6 Å². The molecule has 1 fully saturated rings. The minimum absolute atomic E-state index is 0.00638. The first kappa shape index (κ1) is 18.8. The van der Waals surface area contributed by atoms with Crippen molar-refractivity contribution in [3.05, 3.63) is 22.5 Å². The molecule has 0 unspecified atom stereocenters. The third-order valence-electron chi connectivity index (χ3n) is 4.65. The number of esters is 1. The van der Waals surface area contributed by atoms with Gasteiger partial charge in [-0.2, -0.15) is 22.8 Å². The Bertz CT molecular complexity index is 831. The zero-order valence-corrected chi connectivity index (χ0v) is 15.0. The van der Waals surface area contributed by atoms with Crippen LogP contribution >= 0.6 is 11.6 Å². The maximum absolute atomic E-state index is 13.1. The summed E-state index contributed by atoms with van der Waals surface area (Å²) in [6, 6.07) is -1.82. The lowest BCUT2D eigenvalue weighted by molar-refractivity contribution is -0.138. The first-order chi connectivity index (χ1) is 12.2. The fourth-order valence-electron chi connectivity index (χ4n) is 3.23. The van der Waals surface area contributed by atoms with Crippen LogP contribution in [0.2, 0.25) is 5.15 Å². The fraction of sp³-hybridized carbons (Fsp3) is 0.562. The van der Waals surface area contributed by atoms with Gasteiger partial charge in [-0.1, -0.05) is 24.4 Å². The highest BCUT2D eigenvalue weighted by Gasteiger charge is 2.38. The van der Waals surface area contributed by atoms with Crippen LogP contribution in [0.4, 0.5) is 19.0 Å². The molecule has 1 aliphatic carbocycles. The molecular formula is C16H18ClF3N4O2. The highest BCUT2D eigenvalue weighted by molar-refractivity contribution is 6.30. The summed E-state index contributed by atoms with van der Waals surface area (Å²) in [7, 11) is 1.20. The number of halogens is 4. The van der Waals surface area contributed by atoms with Crippen molar-refractivity contribution in [3.63, 3.8) is 0 Å². The van der Waals surface area contributed by atoms with Crippen LogP contribution in [0.5, 0.6) is 0 Å². The number of methoxy groups -OCH3 is 1. The Morgan fingerprint density at radius 2 is 2.08 bits per heavy atom. The first-order valence-electron chi connectivity index (χ1n) is 8.22. The first-order valence-corrected chi connectivity index (χ1v) is 8.60. The number of anilines is 1. The van der Waals surface area contributed by atoms with Gasteiger partial charge in [0.05, 0.1) is 13.3 Å². The summed E-state index contributed by atoms with van der Waals surface area (Å²) in [5.74, 6) is -0.577. The lowest BCUT2D eigenvalue weighted by Crippen LogP contribution is -2.34. The number of aromatic nitrogens is 3. The highest BCUT2D eigenvalue weighted by atomic mass is 35.5. The van der Waals surface area contributed by atoms with E-state index in [1.165, 1.54) is 17.8 Å². The normalized spacial score (nSPS) is 16.8. The van der Waals surface area contributed by atoms with Crippen molar-refractivity contribution in [1.82, 2.24) is 14.6 Å². The Morgan fingerprint density at radius 1 is 1.42 bits per heavy atom. The predicted octanol–water partition coefficient (Wildman–Crippen LogP) is 4.19. The van der Waals surface area contributed by atoms with Gasteiger partial charge in [-0.3, -0.25) is 0 Å². The van der Waals surface area contributed by atoms with E-state index >= 15 is 0 Å². The number of nitrogens with zero attached hydrogens (tertiary/aromatic N) is 3. The molecule has 2 aromatic rings. The topological polar surface area (TPSA) is 68.5 Å². The van der Waals surface area contributed by atoms with Crippen LogP contribution in [-0.2, 0) is 4.74 Å². The molecule has 6 nitrogen and oxygen atoms in total. The second kappa shape index (κ2) is 6.94. The lowest BCUT2D eigenvalue weighted by atomic mass is 9.99. The standard InChI is InChI=1S/C16H18ClF3N4O2/c1-8(16(18,19)20)22-14-11(9-5-3-4-6-9)12(17)23-13-10(15(25)26-2)7-21-24(13)14/h7-9,22H,3-6H2,1-2H3/t8-/m0/s1. The molecule has 142 valence electrons. The van der Waals surface area contributed by atoms with Gasteiger partial charge in [0.2, 0.25) is 0 Å². The number of nitrogens with one attached hydrogen (secondary N) is 1. The Balaban J connectivity index is 2.19. The Kier molecular flexibility index (Phi) is 5.01. The number of carbonyl (C=O) groups is 1. The predicted molar refractivity (Wildman–Crippen MR) is 89.7 cm³/mol.